The fourth-order valence-electron chi connectivity index (χ4n) is 4.07. The number of carboxylic acid groups (broad SMARTS) is 1. The third kappa shape index (κ3) is 4.09. The number of rotatable bonds is 6. The smallest absolute Gasteiger partial charge is 0.303 e. The zero-order valence-electron chi connectivity index (χ0n) is 17.6. The molecule has 4 rings (SSSR count). The molecule has 0 atom stereocenters. The molecule has 8 heteroatoms. The van der Waals surface area contributed by atoms with Crippen LogP contribution < -0.4 is 5.32 Å². The van der Waals surface area contributed by atoms with Crippen LogP contribution in [-0.4, -0.2) is 36.6 Å². The van der Waals surface area contributed by atoms with Crippen molar-refractivity contribution >= 4 is 39.1 Å². The van der Waals surface area contributed by atoms with Gasteiger partial charge < -0.3 is 15.4 Å². The van der Waals surface area contributed by atoms with Gasteiger partial charge in [-0.3, -0.25) is 9.59 Å². The second-order valence-corrected chi connectivity index (χ2v) is 9.73. The van der Waals surface area contributed by atoms with Crippen LogP contribution in [-0.2, 0) is 25.8 Å². The summed E-state index contributed by atoms with van der Waals surface area (Å²) in [5.41, 5.74) is 4.91. The summed E-state index contributed by atoms with van der Waals surface area (Å²) < 4.78 is 24.7. The van der Waals surface area contributed by atoms with Crippen molar-refractivity contribution < 1.29 is 23.1 Å². The number of anilines is 1. The molecular formula is C24H22N2O5S. The van der Waals surface area contributed by atoms with Gasteiger partial charge in [-0.05, 0) is 48.2 Å². The molecule has 0 radical (unpaired) electrons. The number of aromatic amines is 1. The predicted molar refractivity (Wildman–Crippen MR) is 123 cm³/mol. The minimum absolute atomic E-state index is 0.0275. The fraction of sp³-hybridized carbons (Fsp3) is 0.167. The van der Waals surface area contributed by atoms with E-state index in [1.54, 1.807) is 13.0 Å². The number of nitrogens with one attached hydrogen (secondary N) is 2. The van der Waals surface area contributed by atoms with Crippen molar-refractivity contribution in [2.24, 2.45) is 0 Å². The lowest BCUT2D eigenvalue weighted by molar-refractivity contribution is -0.137. The van der Waals surface area contributed by atoms with Gasteiger partial charge in [0.2, 0.25) is 0 Å². The Bertz CT molecular complexity index is 1370. The van der Waals surface area contributed by atoms with Gasteiger partial charge in [-0.25, -0.2) is 8.42 Å². The van der Waals surface area contributed by atoms with E-state index in [1.807, 2.05) is 48.5 Å². The number of benzene rings is 2. The summed E-state index contributed by atoms with van der Waals surface area (Å²) in [5, 5.41) is 12.0. The topological polar surface area (TPSA) is 116 Å². The standard InChI is InChI=1S/C24H22N2O5S/c1-14-23(32(2,30)31)17(9-11-22(27)28)21(25-14)13-19-18-12-16(15-6-4-3-5-7-15)8-10-20(18)26-24(19)29/h3-8,10,12-13,25H,9,11H2,1-2H3,(H,26,29)(H,27,28). The monoisotopic (exact) mass is 450 g/mol. The highest BCUT2D eigenvalue weighted by atomic mass is 32.2. The Balaban J connectivity index is 1.85. The molecule has 0 saturated carbocycles. The Morgan fingerprint density at radius 3 is 2.47 bits per heavy atom. The summed E-state index contributed by atoms with van der Waals surface area (Å²) in [4.78, 5) is 27.0. The molecule has 0 unspecified atom stereocenters. The summed E-state index contributed by atoms with van der Waals surface area (Å²) in [6.45, 7) is 1.62. The summed E-state index contributed by atoms with van der Waals surface area (Å²) in [6, 6.07) is 15.4. The molecule has 2 heterocycles. The summed E-state index contributed by atoms with van der Waals surface area (Å²) in [5.74, 6) is -1.33. The van der Waals surface area contributed by atoms with E-state index in [1.165, 1.54) is 0 Å². The number of aliphatic carboxylic acids is 1. The molecule has 1 aliphatic rings. The molecule has 164 valence electrons. The molecule has 3 aromatic rings. The lowest BCUT2D eigenvalue weighted by Gasteiger charge is -2.06. The van der Waals surface area contributed by atoms with Crippen LogP contribution in [0.4, 0.5) is 5.69 Å². The van der Waals surface area contributed by atoms with E-state index in [0.717, 1.165) is 17.4 Å². The highest BCUT2D eigenvalue weighted by Crippen LogP contribution is 2.37. The van der Waals surface area contributed by atoms with E-state index in [9.17, 15) is 18.0 Å². The Morgan fingerprint density at radius 1 is 1.09 bits per heavy atom. The van der Waals surface area contributed by atoms with Crippen molar-refractivity contribution in [3.05, 3.63) is 71.0 Å². The average molecular weight is 451 g/mol. The molecule has 0 fully saturated rings. The molecule has 1 amide bonds. The first-order valence-electron chi connectivity index (χ1n) is 10.0. The van der Waals surface area contributed by atoms with E-state index in [2.05, 4.69) is 10.3 Å². The van der Waals surface area contributed by atoms with Crippen molar-refractivity contribution in [3.8, 4) is 11.1 Å². The highest BCUT2D eigenvalue weighted by Gasteiger charge is 2.27. The van der Waals surface area contributed by atoms with Crippen LogP contribution in [0.5, 0.6) is 0 Å². The van der Waals surface area contributed by atoms with Gasteiger partial charge in [0, 0.05) is 35.3 Å². The van der Waals surface area contributed by atoms with E-state index in [0.29, 0.717) is 33.8 Å². The second-order valence-electron chi connectivity index (χ2n) is 7.78. The Kier molecular flexibility index (Phi) is 5.48. The number of amides is 1. The summed E-state index contributed by atoms with van der Waals surface area (Å²) in [7, 11) is -3.60. The molecule has 32 heavy (non-hydrogen) atoms. The molecular weight excluding hydrogens is 428 g/mol. The Labute approximate surface area is 185 Å². The van der Waals surface area contributed by atoms with Crippen LogP contribution in [0.2, 0.25) is 0 Å². The third-order valence-electron chi connectivity index (χ3n) is 5.42. The number of sulfone groups is 1. The zero-order valence-corrected chi connectivity index (χ0v) is 18.4. The number of carbonyl (C=O) groups is 2. The Morgan fingerprint density at radius 2 is 1.81 bits per heavy atom. The first-order chi connectivity index (χ1) is 15.1. The minimum Gasteiger partial charge on any atom is -0.481 e. The van der Waals surface area contributed by atoms with Crippen molar-refractivity contribution in [1.82, 2.24) is 4.98 Å². The number of carboxylic acids is 1. The number of fused-ring (bicyclic) bond motifs is 1. The molecule has 2 aromatic carbocycles. The maximum absolute atomic E-state index is 12.7. The third-order valence-corrected chi connectivity index (χ3v) is 6.71. The van der Waals surface area contributed by atoms with Crippen LogP contribution in [0.1, 0.15) is 28.9 Å². The van der Waals surface area contributed by atoms with Gasteiger partial charge >= 0.3 is 5.97 Å². The molecule has 0 spiro atoms. The Hall–Kier alpha value is -3.65. The molecule has 3 N–H and O–H groups in total. The molecule has 7 nitrogen and oxygen atoms in total. The van der Waals surface area contributed by atoms with Gasteiger partial charge in [-0.15, -0.1) is 0 Å². The van der Waals surface area contributed by atoms with Crippen LogP contribution in [0.25, 0.3) is 22.8 Å². The van der Waals surface area contributed by atoms with Gasteiger partial charge in [0.1, 0.15) is 0 Å². The van der Waals surface area contributed by atoms with E-state index < -0.39 is 15.8 Å². The highest BCUT2D eigenvalue weighted by molar-refractivity contribution is 7.90. The van der Waals surface area contributed by atoms with Crippen molar-refractivity contribution in [2.45, 2.75) is 24.7 Å². The zero-order chi connectivity index (χ0) is 23.0. The maximum Gasteiger partial charge on any atom is 0.303 e. The first kappa shape index (κ1) is 21.6. The number of carbonyl (C=O) groups excluding carboxylic acids is 1. The number of hydrogen-bond donors (Lipinski definition) is 3. The molecule has 0 aliphatic carbocycles. The molecule has 1 aromatic heterocycles. The summed E-state index contributed by atoms with van der Waals surface area (Å²) in [6.07, 6.45) is 2.50. The van der Waals surface area contributed by atoms with Crippen LogP contribution in [0.15, 0.2) is 53.4 Å². The SMILES string of the molecule is Cc1[nH]c(C=C2C(=O)Nc3ccc(-c4ccccc4)cc32)c(CCC(=O)O)c1S(C)(=O)=O. The van der Waals surface area contributed by atoms with E-state index >= 15 is 0 Å². The predicted octanol–water partition coefficient (Wildman–Crippen LogP) is 3.90. The average Bonchev–Trinajstić information content (AvgIpc) is 3.22. The van der Waals surface area contributed by atoms with Gasteiger partial charge in [-0.2, -0.15) is 0 Å². The van der Waals surface area contributed by atoms with Crippen LogP contribution in [0, 0.1) is 6.92 Å². The van der Waals surface area contributed by atoms with Gasteiger partial charge in [-0.1, -0.05) is 36.4 Å². The van der Waals surface area contributed by atoms with Crippen LogP contribution in [0.3, 0.4) is 0 Å². The quantitative estimate of drug-likeness (QED) is 0.493. The lowest BCUT2D eigenvalue weighted by atomic mass is 9.98. The maximum atomic E-state index is 12.7. The second kappa shape index (κ2) is 8.12. The largest absolute Gasteiger partial charge is 0.481 e. The van der Waals surface area contributed by atoms with E-state index in [4.69, 9.17) is 5.11 Å². The number of aryl methyl sites for hydroxylation is 1. The fourth-order valence-corrected chi connectivity index (χ4v) is 5.34. The minimum atomic E-state index is -3.60. The number of aromatic nitrogens is 1. The molecule has 1 aliphatic heterocycles. The van der Waals surface area contributed by atoms with Gasteiger partial charge in [0.25, 0.3) is 5.91 Å². The van der Waals surface area contributed by atoms with Crippen LogP contribution >= 0.6 is 0 Å². The van der Waals surface area contributed by atoms with Crippen molar-refractivity contribution in [1.29, 1.82) is 0 Å². The summed E-state index contributed by atoms with van der Waals surface area (Å²) >= 11 is 0. The normalized spacial score (nSPS) is 14.4. The van der Waals surface area contributed by atoms with Crippen molar-refractivity contribution in [2.75, 3.05) is 11.6 Å². The van der Waals surface area contributed by atoms with E-state index in [-0.39, 0.29) is 23.6 Å². The van der Waals surface area contributed by atoms with Gasteiger partial charge in [0.05, 0.1) is 10.5 Å². The molecule has 0 saturated heterocycles. The number of H-pyrrole nitrogens is 1. The molecule has 0 bridgehead atoms. The number of hydrogen-bond acceptors (Lipinski definition) is 4. The van der Waals surface area contributed by atoms with Gasteiger partial charge in [0.15, 0.2) is 9.84 Å². The lowest BCUT2D eigenvalue weighted by Crippen LogP contribution is -2.06. The van der Waals surface area contributed by atoms with Crippen molar-refractivity contribution in [3.63, 3.8) is 0 Å². The first-order valence-corrected chi connectivity index (χ1v) is 11.9.